The van der Waals surface area contributed by atoms with Gasteiger partial charge >= 0.3 is 5.97 Å². The highest BCUT2D eigenvalue weighted by Gasteiger charge is 2.11. The Hall–Kier alpha value is -1.32. The van der Waals surface area contributed by atoms with Crippen LogP contribution in [-0.4, -0.2) is 25.8 Å². The lowest BCUT2D eigenvalue weighted by molar-refractivity contribution is -0.138. The van der Waals surface area contributed by atoms with E-state index in [-0.39, 0.29) is 0 Å². The molecule has 0 spiro atoms. The molecule has 0 unspecified atom stereocenters. The van der Waals surface area contributed by atoms with Gasteiger partial charge in [-0.3, -0.25) is 4.99 Å². The summed E-state index contributed by atoms with van der Waals surface area (Å²) in [4.78, 5) is 15.2. The van der Waals surface area contributed by atoms with E-state index in [2.05, 4.69) is 10.3 Å². The second kappa shape index (κ2) is 6.22. The number of aliphatic imine (C=N–C) groups is 1. The number of hydrogen-bond acceptors (Lipinski definition) is 4. The van der Waals surface area contributed by atoms with E-state index in [1.54, 1.807) is 34.0 Å². The number of hydrogen-bond donors (Lipinski definition) is 1. The molecular weight excluding hydrogens is 168 g/mol. The molecule has 0 atom stereocenters. The van der Waals surface area contributed by atoms with Crippen molar-refractivity contribution in [2.45, 2.75) is 20.8 Å². The quantitative estimate of drug-likeness (QED) is 0.404. The topological polar surface area (TPSA) is 50.7 Å². The van der Waals surface area contributed by atoms with Gasteiger partial charge < -0.3 is 10.1 Å². The Morgan fingerprint density at radius 3 is 2.62 bits per heavy atom. The summed E-state index contributed by atoms with van der Waals surface area (Å²) in [6, 6.07) is 0. The van der Waals surface area contributed by atoms with Gasteiger partial charge in [-0.2, -0.15) is 0 Å². The minimum absolute atomic E-state index is 0.326. The Morgan fingerprint density at radius 2 is 2.23 bits per heavy atom. The van der Waals surface area contributed by atoms with Crippen molar-refractivity contribution in [2.24, 2.45) is 4.99 Å². The molecule has 1 N–H and O–H groups in total. The van der Waals surface area contributed by atoms with E-state index in [1.165, 1.54) is 0 Å². The number of carbonyl (C=O) groups is 1. The van der Waals surface area contributed by atoms with E-state index in [1.807, 2.05) is 0 Å². The summed E-state index contributed by atoms with van der Waals surface area (Å²) in [7, 11) is 1.74. The van der Waals surface area contributed by atoms with Crippen molar-refractivity contribution in [1.82, 2.24) is 5.32 Å². The number of ether oxygens (including phenoxy) is 1. The number of nitrogens with zero attached hydrogens (tertiary/aromatic N) is 1. The summed E-state index contributed by atoms with van der Waals surface area (Å²) < 4.78 is 4.83. The van der Waals surface area contributed by atoms with Crippen LogP contribution in [0.1, 0.15) is 20.8 Å². The van der Waals surface area contributed by atoms with Crippen LogP contribution in [-0.2, 0) is 9.53 Å². The number of nitrogens with one attached hydrogen (secondary N) is 1. The third-order valence-electron chi connectivity index (χ3n) is 1.46. The van der Waals surface area contributed by atoms with Crippen LogP contribution < -0.4 is 5.32 Å². The van der Waals surface area contributed by atoms with Gasteiger partial charge in [0.25, 0.3) is 0 Å². The summed E-state index contributed by atoms with van der Waals surface area (Å²) in [6.07, 6.45) is 1.56. The Balaban J connectivity index is 4.70. The lowest BCUT2D eigenvalue weighted by atomic mass is 10.3. The minimum atomic E-state index is -0.396. The van der Waals surface area contributed by atoms with E-state index in [9.17, 15) is 4.79 Å². The molecule has 4 nitrogen and oxygen atoms in total. The van der Waals surface area contributed by atoms with E-state index < -0.39 is 5.97 Å². The molecule has 0 saturated heterocycles. The summed E-state index contributed by atoms with van der Waals surface area (Å²) in [6.45, 7) is 5.65. The van der Waals surface area contributed by atoms with Crippen LogP contribution >= 0.6 is 0 Å². The number of rotatable bonds is 4. The average Bonchev–Trinajstić information content (AvgIpc) is 2.13. The zero-order valence-electron chi connectivity index (χ0n) is 8.55. The summed E-state index contributed by atoms with van der Waals surface area (Å²) >= 11 is 0. The fourth-order valence-corrected chi connectivity index (χ4v) is 0.750. The molecule has 0 aliphatic heterocycles. The van der Waals surface area contributed by atoms with Gasteiger partial charge in [-0.1, -0.05) is 0 Å². The molecule has 0 aromatic carbocycles. The van der Waals surface area contributed by atoms with Crippen LogP contribution in [0.4, 0.5) is 0 Å². The van der Waals surface area contributed by atoms with E-state index in [0.29, 0.717) is 18.0 Å². The van der Waals surface area contributed by atoms with Crippen LogP contribution in [0.25, 0.3) is 0 Å². The Labute approximate surface area is 78.7 Å². The third-order valence-corrected chi connectivity index (χ3v) is 1.46. The van der Waals surface area contributed by atoms with Gasteiger partial charge in [0.2, 0.25) is 0 Å². The molecule has 0 aromatic heterocycles. The first-order valence-corrected chi connectivity index (χ1v) is 4.21. The Bertz CT molecular complexity index is 232. The summed E-state index contributed by atoms with van der Waals surface area (Å²) in [5, 5.41) is 2.85. The number of esters is 1. The van der Waals surface area contributed by atoms with Gasteiger partial charge in [0.05, 0.1) is 6.61 Å². The molecule has 0 radical (unpaired) electrons. The van der Waals surface area contributed by atoms with Gasteiger partial charge in [-0.15, -0.1) is 0 Å². The largest absolute Gasteiger partial charge is 0.461 e. The smallest absolute Gasteiger partial charge is 0.358 e. The lowest BCUT2D eigenvalue weighted by Crippen LogP contribution is -2.14. The van der Waals surface area contributed by atoms with Gasteiger partial charge in [0, 0.05) is 19.0 Å². The zero-order chi connectivity index (χ0) is 10.3. The first kappa shape index (κ1) is 11.7. The van der Waals surface area contributed by atoms with Crippen molar-refractivity contribution in [3.05, 3.63) is 11.4 Å². The fraction of sp³-hybridized carbons (Fsp3) is 0.556. The second-order valence-corrected chi connectivity index (χ2v) is 2.33. The molecule has 0 heterocycles. The minimum Gasteiger partial charge on any atom is -0.461 e. The molecule has 0 amide bonds. The molecule has 0 aromatic rings. The van der Waals surface area contributed by atoms with Crippen LogP contribution in [0, 0.1) is 0 Å². The molecule has 13 heavy (non-hydrogen) atoms. The lowest BCUT2D eigenvalue weighted by Gasteiger charge is -2.05. The van der Waals surface area contributed by atoms with E-state index >= 15 is 0 Å². The van der Waals surface area contributed by atoms with E-state index in [0.717, 1.165) is 0 Å². The maximum Gasteiger partial charge on any atom is 0.358 e. The molecule has 0 rings (SSSR count). The number of allylic oxidation sites excluding steroid dienone is 1. The predicted octanol–water partition coefficient (Wildman–Crippen LogP) is 1.09. The van der Waals surface area contributed by atoms with Crippen molar-refractivity contribution >= 4 is 12.2 Å². The molecule has 74 valence electrons. The molecule has 0 saturated carbocycles. The highest BCUT2D eigenvalue weighted by molar-refractivity contribution is 5.90. The predicted molar refractivity (Wildman–Crippen MR) is 52.6 cm³/mol. The van der Waals surface area contributed by atoms with Crippen molar-refractivity contribution in [1.29, 1.82) is 0 Å². The maximum atomic E-state index is 11.3. The standard InChI is InChI=1S/C9H16N2O2/c1-5-11-8(7(3)10-4)9(12)13-6-2/h5,10H,6H2,1-4H3/b8-7-,11-5?. The highest BCUT2D eigenvalue weighted by atomic mass is 16.5. The van der Waals surface area contributed by atoms with Crippen molar-refractivity contribution in [3.63, 3.8) is 0 Å². The van der Waals surface area contributed by atoms with Gasteiger partial charge in [-0.05, 0) is 20.8 Å². The normalized spacial score (nSPS) is 12.6. The van der Waals surface area contributed by atoms with Crippen LogP contribution in [0.2, 0.25) is 0 Å². The maximum absolute atomic E-state index is 11.3. The molecule has 0 bridgehead atoms. The third kappa shape index (κ3) is 3.73. The van der Waals surface area contributed by atoms with Crippen LogP contribution in [0.15, 0.2) is 16.4 Å². The zero-order valence-corrected chi connectivity index (χ0v) is 8.55. The first-order chi connectivity index (χ1) is 6.17. The van der Waals surface area contributed by atoms with Gasteiger partial charge in [0.15, 0.2) is 5.70 Å². The van der Waals surface area contributed by atoms with Crippen molar-refractivity contribution in [3.8, 4) is 0 Å². The van der Waals surface area contributed by atoms with Crippen molar-refractivity contribution < 1.29 is 9.53 Å². The Morgan fingerprint density at radius 1 is 1.62 bits per heavy atom. The van der Waals surface area contributed by atoms with E-state index in [4.69, 9.17) is 4.74 Å². The molecular formula is C9H16N2O2. The molecule has 0 aliphatic carbocycles. The molecule has 0 aliphatic rings. The summed E-state index contributed by atoms with van der Waals surface area (Å²) in [5.74, 6) is -0.396. The SMILES string of the molecule is CC=N/C(C(=O)OCC)=C(/C)NC. The molecule has 0 fully saturated rings. The van der Waals surface area contributed by atoms with Crippen molar-refractivity contribution in [2.75, 3.05) is 13.7 Å². The van der Waals surface area contributed by atoms with Gasteiger partial charge in [0.1, 0.15) is 0 Å². The second-order valence-electron chi connectivity index (χ2n) is 2.33. The monoisotopic (exact) mass is 184 g/mol. The van der Waals surface area contributed by atoms with Gasteiger partial charge in [-0.25, -0.2) is 4.79 Å². The van der Waals surface area contributed by atoms with Crippen LogP contribution in [0.3, 0.4) is 0 Å². The highest BCUT2D eigenvalue weighted by Crippen LogP contribution is 2.04. The average molecular weight is 184 g/mol. The molecule has 4 heteroatoms. The van der Waals surface area contributed by atoms with Crippen LogP contribution in [0.5, 0.6) is 0 Å². The number of carbonyl (C=O) groups excluding carboxylic acids is 1. The Kier molecular flexibility index (Phi) is 5.59. The fourth-order valence-electron chi connectivity index (χ4n) is 0.750. The summed E-state index contributed by atoms with van der Waals surface area (Å²) in [5.41, 5.74) is 1.03. The first-order valence-electron chi connectivity index (χ1n) is 4.21.